The Kier molecular flexibility index (Phi) is 8.93. The van der Waals surface area contributed by atoms with E-state index in [1.165, 1.54) is 6.92 Å². The summed E-state index contributed by atoms with van der Waals surface area (Å²) in [6, 6.07) is 7.75. The number of hydrogen-bond donors (Lipinski definition) is 0. The van der Waals surface area contributed by atoms with E-state index in [9.17, 15) is 4.79 Å². The summed E-state index contributed by atoms with van der Waals surface area (Å²) in [4.78, 5) is 15.2. The fourth-order valence-corrected chi connectivity index (χ4v) is 0.948. The Bertz CT molecular complexity index is 405. The molecule has 0 bridgehead atoms. The van der Waals surface area contributed by atoms with E-state index in [0.717, 1.165) is 11.3 Å². The molecule has 0 fully saturated rings. The Hall–Kier alpha value is -0.0505. The standard InChI is InChI=1S/C11H13NO.3ClH.Fe/c1-8-6-4-5-7-11(8)12-9(2)10(3)13;;;;/h4-7H,1-3H3;3*1H;/q;;;;+3/p-3. The molecule has 1 aromatic rings. The number of benzene rings is 1. The van der Waals surface area contributed by atoms with Crippen molar-refractivity contribution < 1.29 is 16.0 Å². The van der Waals surface area contributed by atoms with Gasteiger partial charge in [-0.25, -0.2) is 4.99 Å². The van der Waals surface area contributed by atoms with E-state index >= 15 is 0 Å². The van der Waals surface area contributed by atoms with Crippen LogP contribution in [0.3, 0.4) is 0 Å². The van der Waals surface area contributed by atoms with Gasteiger partial charge >= 0.3 is 41.5 Å². The van der Waals surface area contributed by atoms with Gasteiger partial charge in [0, 0.05) is 6.92 Å². The maximum absolute atomic E-state index is 10.9. The molecule has 0 spiro atoms. The van der Waals surface area contributed by atoms with Crippen molar-refractivity contribution in [2.75, 3.05) is 0 Å². The number of para-hydroxylation sites is 1. The molecule has 0 saturated heterocycles. The molecule has 0 atom stereocenters. The fourth-order valence-electron chi connectivity index (χ4n) is 0.948. The first-order chi connectivity index (χ1) is 7.84. The molecule has 0 heterocycles. The van der Waals surface area contributed by atoms with Gasteiger partial charge in [-0.3, -0.25) is 4.79 Å². The predicted molar refractivity (Wildman–Crippen MR) is 72.2 cm³/mol. The summed E-state index contributed by atoms with van der Waals surface area (Å²) in [5, 5.41) is 0. The summed E-state index contributed by atoms with van der Waals surface area (Å²) >= 11 is -1.33. The third-order valence-electron chi connectivity index (χ3n) is 1.91. The molecular formula is C11H13Cl3FeNO. The van der Waals surface area contributed by atoms with Gasteiger partial charge in [0.1, 0.15) is 0 Å². The normalized spacial score (nSPS) is 11.4. The van der Waals surface area contributed by atoms with Crippen LogP contribution in [0.15, 0.2) is 29.3 Å². The summed E-state index contributed by atoms with van der Waals surface area (Å²) in [6.07, 6.45) is 0. The van der Waals surface area contributed by atoms with E-state index in [0.29, 0.717) is 5.71 Å². The average Bonchev–Trinajstić information content (AvgIpc) is 2.20. The number of hydrogen-bond acceptors (Lipinski definition) is 2. The molecule has 1 aromatic carbocycles. The Morgan fingerprint density at radius 3 is 2.06 bits per heavy atom. The zero-order valence-corrected chi connectivity index (χ0v) is 13.0. The average molecular weight is 337 g/mol. The van der Waals surface area contributed by atoms with Gasteiger partial charge < -0.3 is 0 Å². The zero-order valence-electron chi connectivity index (χ0n) is 9.65. The topological polar surface area (TPSA) is 29.4 Å². The van der Waals surface area contributed by atoms with Crippen LogP contribution in [0.25, 0.3) is 0 Å². The third kappa shape index (κ3) is 8.64. The van der Waals surface area contributed by atoms with Gasteiger partial charge in [-0.15, -0.1) is 0 Å². The van der Waals surface area contributed by atoms with Crippen molar-refractivity contribution in [2.24, 2.45) is 4.99 Å². The summed E-state index contributed by atoms with van der Waals surface area (Å²) in [6.45, 7) is 5.23. The van der Waals surface area contributed by atoms with Crippen LogP contribution in [-0.2, 0) is 16.0 Å². The van der Waals surface area contributed by atoms with E-state index in [4.69, 9.17) is 30.3 Å². The third-order valence-corrected chi connectivity index (χ3v) is 1.91. The summed E-state index contributed by atoms with van der Waals surface area (Å²) in [5.41, 5.74) is 2.51. The zero-order chi connectivity index (χ0) is 13.4. The van der Waals surface area contributed by atoms with Gasteiger partial charge in [-0.1, -0.05) is 18.2 Å². The van der Waals surface area contributed by atoms with Gasteiger partial charge in [0.15, 0.2) is 5.78 Å². The number of carbonyl (C=O) groups is 1. The number of Topliss-reactive ketones (excluding diaryl/α,β-unsaturated/α-hetero) is 1. The molecule has 0 radical (unpaired) electrons. The first-order valence-corrected chi connectivity index (χ1v) is 9.19. The first kappa shape index (κ1) is 16.9. The van der Waals surface area contributed by atoms with Gasteiger partial charge in [0.05, 0.1) is 11.4 Å². The van der Waals surface area contributed by atoms with Gasteiger partial charge in [0.2, 0.25) is 0 Å². The molecule has 0 aliphatic heterocycles. The molecule has 0 N–H and O–H groups in total. The molecule has 0 aromatic heterocycles. The second-order valence-electron chi connectivity index (χ2n) is 3.19. The Labute approximate surface area is 119 Å². The number of aryl methyl sites for hydroxylation is 1. The SMILES string of the molecule is CC(=O)C(C)=Nc1ccccc1C.[Cl][Fe]([Cl])[Cl]. The maximum atomic E-state index is 10.9. The molecule has 0 aliphatic carbocycles. The van der Waals surface area contributed by atoms with E-state index < -0.39 is 11.2 Å². The van der Waals surface area contributed by atoms with Crippen molar-refractivity contribution in [1.82, 2.24) is 0 Å². The van der Waals surface area contributed by atoms with Crippen molar-refractivity contribution in [3.63, 3.8) is 0 Å². The minimum atomic E-state index is -1.33. The number of aliphatic imine (C=N–C) groups is 1. The molecule has 0 unspecified atom stereocenters. The van der Waals surface area contributed by atoms with Crippen molar-refractivity contribution in [2.45, 2.75) is 20.8 Å². The van der Waals surface area contributed by atoms with Crippen LogP contribution in [0.5, 0.6) is 0 Å². The van der Waals surface area contributed by atoms with Crippen LogP contribution in [0, 0.1) is 6.92 Å². The second-order valence-corrected chi connectivity index (χ2v) is 8.66. The van der Waals surface area contributed by atoms with Gasteiger partial charge in [0.25, 0.3) is 0 Å². The van der Waals surface area contributed by atoms with Crippen molar-refractivity contribution >= 4 is 47.5 Å². The van der Waals surface area contributed by atoms with Crippen LogP contribution in [0.4, 0.5) is 5.69 Å². The minimum absolute atomic E-state index is 0.0169. The predicted octanol–water partition coefficient (Wildman–Crippen LogP) is 4.74. The number of carbonyl (C=O) groups excluding carboxylic acids is 1. The van der Waals surface area contributed by atoms with Crippen LogP contribution >= 0.6 is 30.3 Å². The monoisotopic (exact) mass is 336 g/mol. The molecule has 2 nitrogen and oxygen atoms in total. The summed E-state index contributed by atoms with van der Waals surface area (Å²) < 4.78 is 0. The van der Waals surface area contributed by atoms with Crippen LogP contribution in [-0.4, -0.2) is 11.5 Å². The quantitative estimate of drug-likeness (QED) is 0.566. The van der Waals surface area contributed by atoms with E-state index in [1.807, 2.05) is 31.2 Å². The van der Waals surface area contributed by atoms with E-state index in [1.54, 1.807) is 6.92 Å². The second kappa shape index (κ2) is 8.96. The molecule has 97 valence electrons. The van der Waals surface area contributed by atoms with Crippen LogP contribution < -0.4 is 0 Å². The number of rotatable bonds is 2. The van der Waals surface area contributed by atoms with Gasteiger partial charge in [-0.05, 0) is 25.5 Å². The fraction of sp³-hybridized carbons (Fsp3) is 0.273. The van der Waals surface area contributed by atoms with Crippen LogP contribution in [0.1, 0.15) is 19.4 Å². The van der Waals surface area contributed by atoms with E-state index in [2.05, 4.69) is 4.99 Å². The molecule has 17 heavy (non-hydrogen) atoms. The Morgan fingerprint density at radius 2 is 1.65 bits per heavy atom. The van der Waals surface area contributed by atoms with Gasteiger partial charge in [-0.2, -0.15) is 0 Å². The molecule has 6 heteroatoms. The summed E-state index contributed by atoms with van der Waals surface area (Å²) in [5.74, 6) is 0.0169. The number of ketones is 1. The molecular weight excluding hydrogens is 324 g/mol. The van der Waals surface area contributed by atoms with Crippen molar-refractivity contribution in [1.29, 1.82) is 0 Å². The Balaban J connectivity index is 0.000000557. The first-order valence-electron chi connectivity index (χ1n) is 4.63. The number of halogens is 3. The number of nitrogens with zero attached hydrogens (tertiary/aromatic N) is 1. The van der Waals surface area contributed by atoms with Crippen LogP contribution in [0.2, 0.25) is 0 Å². The molecule has 0 saturated carbocycles. The van der Waals surface area contributed by atoms with Crippen molar-refractivity contribution in [3.05, 3.63) is 29.8 Å². The molecule has 0 aliphatic rings. The van der Waals surface area contributed by atoms with E-state index in [-0.39, 0.29) is 5.78 Å². The summed E-state index contributed by atoms with van der Waals surface area (Å²) in [7, 11) is 14.7. The molecule has 0 amide bonds. The van der Waals surface area contributed by atoms with Crippen molar-refractivity contribution in [3.8, 4) is 0 Å². The Morgan fingerprint density at radius 1 is 1.18 bits per heavy atom. The molecule has 1 rings (SSSR count).